The standard InChI is InChI=1S/C20H28N4O4/c1-3-21-20(27)24-16-10-5-4-9-15(16)23-19(26)17(24)12-18(25)22-13-7-6-8-14(11-13)28-2/h6-8,11,15-17H,3-5,9-10,12H2,1-2H3,(H,21,27)(H,22,25)(H,23,26)/t15-,16-,17-/m0/s1. The molecule has 0 spiro atoms. The second-order valence-electron chi connectivity index (χ2n) is 7.21. The maximum atomic E-state index is 12.7. The number of ether oxygens (including phenoxy) is 1. The van der Waals surface area contributed by atoms with E-state index in [-0.39, 0.29) is 36.3 Å². The normalized spacial score (nSPS) is 24.0. The molecule has 0 bridgehead atoms. The topological polar surface area (TPSA) is 99.8 Å². The fourth-order valence-electron chi connectivity index (χ4n) is 4.06. The van der Waals surface area contributed by atoms with Crippen LogP contribution in [0.5, 0.6) is 5.75 Å². The lowest BCUT2D eigenvalue weighted by atomic mass is 9.85. The highest BCUT2D eigenvalue weighted by atomic mass is 16.5. The van der Waals surface area contributed by atoms with Gasteiger partial charge in [-0.2, -0.15) is 0 Å². The van der Waals surface area contributed by atoms with Crippen LogP contribution in [0.2, 0.25) is 0 Å². The Balaban J connectivity index is 1.75. The van der Waals surface area contributed by atoms with Crippen molar-refractivity contribution in [2.45, 2.75) is 57.2 Å². The quantitative estimate of drug-likeness (QED) is 0.717. The summed E-state index contributed by atoms with van der Waals surface area (Å²) in [7, 11) is 1.55. The molecule has 2 aliphatic rings. The first kappa shape index (κ1) is 20.0. The van der Waals surface area contributed by atoms with Crippen molar-refractivity contribution in [2.75, 3.05) is 19.0 Å². The molecular formula is C20H28N4O4. The molecule has 3 N–H and O–H groups in total. The van der Waals surface area contributed by atoms with E-state index in [1.807, 2.05) is 6.92 Å². The van der Waals surface area contributed by atoms with Gasteiger partial charge in [-0.3, -0.25) is 9.59 Å². The fraction of sp³-hybridized carbons (Fsp3) is 0.550. The molecule has 1 aromatic carbocycles. The number of nitrogens with zero attached hydrogens (tertiary/aromatic N) is 1. The molecule has 0 radical (unpaired) electrons. The molecule has 1 aliphatic carbocycles. The number of nitrogens with one attached hydrogen (secondary N) is 3. The first-order valence-corrected chi connectivity index (χ1v) is 9.84. The average molecular weight is 388 g/mol. The van der Waals surface area contributed by atoms with Gasteiger partial charge in [0.25, 0.3) is 0 Å². The van der Waals surface area contributed by atoms with E-state index in [1.54, 1.807) is 36.3 Å². The summed E-state index contributed by atoms with van der Waals surface area (Å²) in [6, 6.07) is 5.79. The maximum absolute atomic E-state index is 12.7. The highest BCUT2D eigenvalue weighted by molar-refractivity contribution is 5.97. The number of hydrogen-bond donors (Lipinski definition) is 3. The van der Waals surface area contributed by atoms with Crippen LogP contribution in [-0.2, 0) is 9.59 Å². The zero-order valence-electron chi connectivity index (χ0n) is 16.4. The Morgan fingerprint density at radius 3 is 2.82 bits per heavy atom. The van der Waals surface area contributed by atoms with Crippen LogP contribution in [0.4, 0.5) is 10.5 Å². The number of fused-ring (bicyclic) bond motifs is 1. The Bertz CT molecular complexity index is 739. The molecule has 4 amide bonds. The molecule has 3 atom stereocenters. The van der Waals surface area contributed by atoms with Gasteiger partial charge < -0.3 is 25.6 Å². The number of rotatable bonds is 5. The minimum Gasteiger partial charge on any atom is -0.497 e. The molecule has 0 aromatic heterocycles. The number of carbonyl (C=O) groups excluding carboxylic acids is 3. The van der Waals surface area contributed by atoms with E-state index in [0.717, 1.165) is 25.7 Å². The summed E-state index contributed by atoms with van der Waals surface area (Å²) >= 11 is 0. The van der Waals surface area contributed by atoms with Crippen LogP contribution in [0.25, 0.3) is 0 Å². The van der Waals surface area contributed by atoms with Gasteiger partial charge in [0.15, 0.2) is 0 Å². The Morgan fingerprint density at radius 1 is 1.29 bits per heavy atom. The first-order valence-electron chi connectivity index (χ1n) is 9.84. The summed E-state index contributed by atoms with van der Waals surface area (Å²) in [4.78, 5) is 39.7. The van der Waals surface area contributed by atoms with Crippen molar-refractivity contribution < 1.29 is 19.1 Å². The van der Waals surface area contributed by atoms with Gasteiger partial charge in [-0.1, -0.05) is 18.9 Å². The summed E-state index contributed by atoms with van der Waals surface area (Å²) in [5.41, 5.74) is 0.584. The van der Waals surface area contributed by atoms with Gasteiger partial charge in [0.2, 0.25) is 11.8 Å². The molecule has 1 saturated heterocycles. The third kappa shape index (κ3) is 4.37. The number of amides is 4. The number of carbonyl (C=O) groups is 3. The number of anilines is 1. The summed E-state index contributed by atoms with van der Waals surface area (Å²) in [5.74, 6) is 0.0364. The van der Waals surface area contributed by atoms with Crippen molar-refractivity contribution in [3.63, 3.8) is 0 Å². The smallest absolute Gasteiger partial charge is 0.318 e. The number of methoxy groups -OCH3 is 1. The molecule has 0 unspecified atom stereocenters. The largest absolute Gasteiger partial charge is 0.497 e. The lowest BCUT2D eigenvalue weighted by molar-refractivity contribution is -0.135. The molecular weight excluding hydrogens is 360 g/mol. The van der Waals surface area contributed by atoms with E-state index in [9.17, 15) is 14.4 Å². The maximum Gasteiger partial charge on any atom is 0.318 e. The minimum atomic E-state index is -0.823. The third-order valence-corrected chi connectivity index (χ3v) is 5.35. The minimum absolute atomic E-state index is 0.0402. The van der Waals surface area contributed by atoms with Crippen LogP contribution in [0.3, 0.4) is 0 Å². The van der Waals surface area contributed by atoms with E-state index in [4.69, 9.17) is 4.74 Å². The zero-order chi connectivity index (χ0) is 20.1. The fourth-order valence-corrected chi connectivity index (χ4v) is 4.06. The van der Waals surface area contributed by atoms with Gasteiger partial charge >= 0.3 is 6.03 Å². The number of hydrogen-bond acceptors (Lipinski definition) is 4. The van der Waals surface area contributed by atoms with E-state index >= 15 is 0 Å². The second kappa shape index (κ2) is 8.95. The summed E-state index contributed by atoms with van der Waals surface area (Å²) in [6.07, 6.45) is 3.63. The van der Waals surface area contributed by atoms with Crippen molar-refractivity contribution in [1.82, 2.24) is 15.5 Å². The summed E-state index contributed by atoms with van der Waals surface area (Å²) in [6.45, 7) is 2.31. The zero-order valence-corrected chi connectivity index (χ0v) is 16.4. The Morgan fingerprint density at radius 2 is 2.07 bits per heavy atom. The molecule has 152 valence electrons. The first-order chi connectivity index (χ1) is 13.5. The van der Waals surface area contributed by atoms with E-state index < -0.39 is 6.04 Å². The van der Waals surface area contributed by atoms with Gasteiger partial charge in [-0.15, -0.1) is 0 Å². The van der Waals surface area contributed by atoms with E-state index in [2.05, 4.69) is 16.0 Å². The SMILES string of the molecule is CCNC(=O)N1[C@@H](CC(=O)Nc2cccc(OC)c2)C(=O)N[C@H]2CCCC[C@@H]21. The van der Waals surface area contributed by atoms with Crippen LogP contribution in [-0.4, -0.2) is 54.5 Å². The highest BCUT2D eigenvalue weighted by Crippen LogP contribution is 2.29. The van der Waals surface area contributed by atoms with Crippen LogP contribution in [0, 0.1) is 0 Å². The van der Waals surface area contributed by atoms with Gasteiger partial charge in [0.05, 0.1) is 19.6 Å². The Labute approximate surface area is 165 Å². The third-order valence-electron chi connectivity index (χ3n) is 5.35. The van der Waals surface area contributed by atoms with Crippen molar-refractivity contribution in [3.8, 4) is 5.75 Å². The predicted octanol–water partition coefficient (Wildman–Crippen LogP) is 1.86. The van der Waals surface area contributed by atoms with Crippen LogP contribution < -0.4 is 20.7 Å². The molecule has 1 saturated carbocycles. The van der Waals surface area contributed by atoms with E-state index in [0.29, 0.717) is 18.0 Å². The van der Waals surface area contributed by atoms with Crippen molar-refractivity contribution in [3.05, 3.63) is 24.3 Å². The molecule has 1 aromatic rings. The number of piperazine rings is 1. The van der Waals surface area contributed by atoms with Gasteiger partial charge in [0.1, 0.15) is 11.8 Å². The van der Waals surface area contributed by atoms with Crippen LogP contribution >= 0.6 is 0 Å². The van der Waals surface area contributed by atoms with Crippen molar-refractivity contribution in [1.29, 1.82) is 0 Å². The summed E-state index contributed by atoms with van der Waals surface area (Å²) in [5, 5.41) is 8.61. The molecule has 8 nitrogen and oxygen atoms in total. The molecule has 3 rings (SSSR count). The van der Waals surface area contributed by atoms with Crippen LogP contribution in [0.1, 0.15) is 39.0 Å². The molecule has 1 aliphatic heterocycles. The van der Waals surface area contributed by atoms with Gasteiger partial charge in [-0.05, 0) is 31.9 Å². The molecule has 2 fully saturated rings. The van der Waals surface area contributed by atoms with Crippen LogP contribution in [0.15, 0.2) is 24.3 Å². The highest BCUT2D eigenvalue weighted by Gasteiger charge is 2.45. The summed E-state index contributed by atoms with van der Waals surface area (Å²) < 4.78 is 5.16. The Kier molecular flexibility index (Phi) is 6.38. The van der Waals surface area contributed by atoms with Gasteiger partial charge in [-0.25, -0.2) is 4.79 Å². The Hall–Kier alpha value is -2.77. The molecule has 8 heteroatoms. The van der Waals surface area contributed by atoms with Crippen molar-refractivity contribution >= 4 is 23.5 Å². The van der Waals surface area contributed by atoms with Crippen molar-refractivity contribution in [2.24, 2.45) is 0 Å². The number of benzene rings is 1. The lowest BCUT2D eigenvalue weighted by Gasteiger charge is -2.47. The molecule has 1 heterocycles. The number of urea groups is 1. The molecule has 28 heavy (non-hydrogen) atoms. The lowest BCUT2D eigenvalue weighted by Crippen LogP contribution is -2.69. The average Bonchev–Trinajstić information content (AvgIpc) is 2.68. The van der Waals surface area contributed by atoms with E-state index in [1.165, 1.54) is 0 Å². The predicted molar refractivity (Wildman–Crippen MR) is 105 cm³/mol. The monoisotopic (exact) mass is 388 g/mol. The van der Waals surface area contributed by atoms with Gasteiger partial charge in [0, 0.05) is 24.3 Å². The second-order valence-corrected chi connectivity index (χ2v) is 7.21.